The van der Waals surface area contributed by atoms with Crippen molar-refractivity contribution >= 4 is 5.78 Å². The Morgan fingerprint density at radius 1 is 1.58 bits per heavy atom. The Bertz CT molecular complexity index is 258. The number of aliphatic hydroxyl groups is 1. The molecule has 0 aromatic carbocycles. The summed E-state index contributed by atoms with van der Waals surface area (Å²) in [5, 5.41) is 9.07. The van der Waals surface area contributed by atoms with E-state index in [0.29, 0.717) is 12.8 Å². The van der Waals surface area contributed by atoms with Gasteiger partial charge < -0.3 is 9.84 Å². The van der Waals surface area contributed by atoms with Gasteiger partial charge in [0.1, 0.15) is 11.4 Å². The van der Waals surface area contributed by atoms with Crippen molar-refractivity contribution < 1.29 is 14.6 Å². The number of hydrogen-bond acceptors (Lipinski definition) is 3. The second-order valence-electron chi connectivity index (χ2n) is 3.86. The van der Waals surface area contributed by atoms with Crippen molar-refractivity contribution in [3.05, 3.63) is 12.2 Å². The third kappa shape index (κ3) is 1.01. The van der Waals surface area contributed by atoms with Crippen LogP contribution in [0.25, 0.3) is 0 Å². The molecule has 0 radical (unpaired) electrons. The van der Waals surface area contributed by atoms with Crippen molar-refractivity contribution in [3.63, 3.8) is 0 Å². The van der Waals surface area contributed by atoms with Crippen LogP contribution in [-0.4, -0.2) is 28.7 Å². The number of carbonyl (C=O) groups is 1. The Balaban J connectivity index is 2.32. The fourth-order valence-electron chi connectivity index (χ4n) is 1.98. The van der Waals surface area contributed by atoms with Gasteiger partial charge in [0.2, 0.25) is 0 Å². The molecule has 2 aliphatic rings. The van der Waals surface area contributed by atoms with Crippen LogP contribution in [0.1, 0.15) is 19.8 Å². The van der Waals surface area contributed by atoms with E-state index in [2.05, 4.69) is 0 Å². The summed E-state index contributed by atoms with van der Waals surface area (Å²) >= 11 is 0. The smallest absolute Gasteiger partial charge is 0.139 e. The molecule has 0 spiro atoms. The third-order valence-electron chi connectivity index (χ3n) is 2.49. The standard InChI is InChI=1S/C9H12O3/c1-8-2-3-9(6-10,12-8)5-7(11)4-8/h2-3,10H,4-6H2,1H3. The van der Waals surface area contributed by atoms with Gasteiger partial charge in [0, 0.05) is 12.8 Å². The molecular formula is C9H12O3. The maximum atomic E-state index is 11.3. The monoisotopic (exact) mass is 168 g/mol. The fourth-order valence-corrected chi connectivity index (χ4v) is 1.98. The molecule has 2 unspecified atom stereocenters. The summed E-state index contributed by atoms with van der Waals surface area (Å²) in [6.07, 6.45) is 4.45. The zero-order valence-corrected chi connectivity index (χ0v) is 7.04. The van der Waals surface area contributed by atoms with Gasteiger partial charge in [-0.05, 0) is 6.92 Å². The predicted octanol–water partition coefficient (Wildman–Crippen LogP) is 0.425. The van der Waals surface area contributed by atoms with Crippen molar-refractivity contribution in [1.29, 1.82) is 0 Å². The summed E-state index contributed by atoms with van der Waals surface area (Å²) in [5.41, 5.74) is -1.16. The highest BCUT2D eigenvalue weighted by Crippen LogP contribution is 2.40. The van der Waals surface area contributed by atoms with Crippen LogP contribution in [-0.2, 0) is 9.53 Å². The van der Waals surface area contributed by atoms with E-state index in [4.69, 9.17) is 9.84 Å². The van der Waals surface area contributed by atoms with Crippen LogP contribution in [0.3, 0.4) is 0 Å². The molecule has 2 atom stereocenters. The Hall–Kier alpha value is -0.670. The zero-order valence-electron chi connectivity index (χ0n) is 7.04. The number of fused-ring (bicyclic) bond motifs is 2. The Kier molecular flexibility index (Phi) is 1.44. The summed E-state index contributed by atoms with van der Waals surface area (Å²) in [7, 11) is 0. The SMILES string of the molecule is CC12C=CC(CO)(CC(=O)C1)O2. The van der Waals surface area contributed by atoms with Gasteiger partial charge in [0.25, 0.3) is 0 Å². The third-order valence-corrected chi connectivity index (χ3v) is 2.49. The highest BCUT2D eigenvalue weighted by atomic mass is 16.5. The number of rotatable bonds is 1. The molecule has 0 aromatic heterocycles. The second kappa shape index (κ2) is 2.18. The van der Waals surface area contributed by atoms with E-state index in [1.165, 1.54) is 0 Å². The summed E-state index contributed by atoms with van der Waals surface area (Å²) < 4.78 is 5.61. The van der Waals surface area contributed by atoms with Crippen LogP contribution in [0, 0.1) is 0 Å². The molecule has 2 bridgehead atoms. The molecule has 3 nitrogen and oxygen atoms in total. The van der Waals surface area contributed by atoms with Gasteiger partial charge in [-0.15, -0.1) is 0 Å². The molecule has 0 aliphatic carbocycles. The molecule has 1 N–H and O–H groups in total. The van der Waals surface area contributed by atoms with E-state index in [1.807, 2.05) is 19.1 Å². The molecule has 66 valence electrons. The molecule has 2 heterocycles. The topological polar surface area (TPSA) is 46.5 Å². The van der Waals surface area contributed by atoms with Gasteiger partial charge in [0.15, 0.2) is 0 Å². The lowest BCUT2D eigenvalue weighted by atomic mass is 9.92. The Morgan fingerprint density at radius 3 is 3.00 bits per heavy atom. The number of ether oxygens (including phenoxy) is 1. The largest absolute Gasteiger partial charge is 0.393 e. The van der Waals surface area contributed by atoms with Gasteiger partial charge >= 0.3 is 0 Å². The van der Waals surface area contributed by atoms with Gasteiger partial charge in [-0.1, -0.05) is 12.2 Å². The summed E-state index contributed by atoms with van der Waals surface area (Å²) in [5.74, 6) is 0.169. The number of aliphatic hydroxyl groups excluding tert-OH is 1. The average Bonchev–Trinajstić information content (AvgIpc) is 2.23. The van der Waals surface area contributed by atoms with Crippen molar-refractivity contribution in [2.24, 2.45) is 0 Å². The fraction of sp³-hybridized carbons (Fsp3) is 0.667. The van der Waals surface area contributed by atoms with Crippen LogP contribution >= 0.6 is 0 Å². The van der Waals surface area contributed by atoms with E-state index in [0.717, 1.165) is 0 Å². The van der Waals surface area contributed by atoms with Crippen molar-refractivity contribution in [2.45, 2.75) is 31.0 Å². The van der Waals surface area contributed by atoms with Crippen LogP contribution < -0.4 is 0 Å². The molecule has 3 heteroatoms. The van der Waals surface area contributed by atoms with Crippen molar-refractivity contribution in [2.75, 3.05) is 6.61 Å². The minimum atomic E-state index is -0.704. The quantitative estimate of drug-likeness (QED) is 0.577. The Morgan fingerprint density at radius 2 is 2.33 bits per heavy atom. The van der Waals surface area contributed by atoms with Gasteiger partial charge in [0.05, 0.1) is 12.2 Å². The van der Waals surface area contributed by atoms with E-state index in [9.17, 15) is 4.79 Å². The minimum absolute atomic E-state index is 0.106. The van der Waals surface area contributed by atoms with E-state index >= 15 is 0 Å². The highest BCUT2D eigenvalue weighted by Gasteiger charge is 2.48. The first-order valence-electron chi connectivity index (χ1n) is 4.11. The van der Waals surface area contributed by atoms with Crippen LogP contribution in [0.5, 0.6) is 0 Å². The molecule has 12 heavy (non-hydrogen) atoms. The molecule has 0 aromatic rings. The Labute approximate surface area is 71.0 Å². The number of hydrogen-bond donors (Lipinski definition) is 1. The highest BCUT2D eigenvalue weighted by molar-refractivity contribution is 5.83. The van der Waals surface area contributed by atoms with E-state index in [-0.39, 0.29) is 12.4 Å². The first kappa shape index (κ1) is 7.95. The summed E-state index contributed by atoms with van der Waals surface area (Å²) in [6.45, 7) is 1.77. The number of ketones is 1. The molecule has 2 rings (SSSR count). The zero-order chi connectivity index (χ0) is 8.82. The van der Waals surface area contributed by atoms with Crippen LogP contribution in [0.4, 0.5) is 0 Å². The number of carbonyl (C=O) groups excluding carboxylic acids is 1. The van der Waals surface area contributed by atoms with Crippen LogP contribution in [0.15, 0.2) is 12.2 Å². The first-order valence-corrected chi connectivity index (χ1v) is 4.11. The predicted molar refractivity (Wildman–Crippen MR) is 42.7 cm³/mol. The lowest BCUT2D eigenvalue weighted by Crippen LogP contribution is -2.45. The second-order valence-corrected chi connectivity index (χ2v) is 3.86. The van der Waals surface area contributed by atoms with Gasteiger partial charge in [-0.3, -0.25) is 4.79 Å². The number of Topliss-reactive ketones (excluding diaryl/α,β-unsaturated/α-hetero) is 1. The molecular weight excluding hydrogens is 156 g/mol. The summed E-state index contributed by atoms with van der Waals surface area (Å²) in [6, 6.07) is 0. The van der Waals surface area contributed by atoms with Crippen molar-refractivity contribution in [3.8, 4) is 0 Å². The van der Waals surface area contributed by atoms with Crippen molar-refractivity contribution in [1.82, 2.24) is 0 Å². The van der Waals surface area contributed by atoms with Gasteiger partial charge in [-0.2, -0.15) is 0 Å². The summed E-state index contributed by atoms with van der Waals surface area (Å²) in [4.78, 5) is 11.3. The molecule has 2 aliphatic heterocycles. The normalized spacial score (nSPS) is 45.3. The minimum Gasteiger partial charge on any atom is -0.393 e. The maximum absolute atomic E-state index is 11.3. The lowest BCUT2D eigenvalue weighted by Gasteiger charge is -2.36. The molecule has 0 amide bonds. The van der Waals surface area contributed by atoms with Gasteiger partial charge in [-0.25, -0.2) is 0 Å². The van der Waals surface area contributed by atoms with Crippen LogP contribution in [0.2, 0.25) is 0 Å². The van der Waals surface area contributed by atoms with E-state index in [1.54, 1.807) is 0 Å². The molecule has 1 saturated heterocycles. The average molecular weight is 168 g/mol. The lowest BCUT2D eigenvalue weighted by molar-refractivity contribution is -0.158. The maximum Gasteiger partial charge on any atom is 0.139 e. The molecule has 0 saturated carbocycles. The first-order chi connectivity index (χ1) is 5.58. The molecule has 1 fully saturated rings. The van der Waals surface area contributed by atoms with E-state index < -0.39 is 11.2 Å².